The summed E-state index contributed by atoms with van der Waals surface area (Å²) in [6.07, 6.45) is -13.9. The number of ether oxygens (including phenoxy) is 5. The summed E-state index contributed by atoms with van der Waals surface area (Å²) in [5.74, 6) is -8.53. The van der Waals surface area contributed by atoms with Gasteiger partial charge in [-0.2, -0.15) is 0 Å². The van der Waals surface area contributed by atoms with Crippen LogP contribution >= 0.6 is 0 Å². The van der Waals surface area contributed by atoms with Gasteiger partial charge in [0.25, 0.3) is 0 Å². The van der Waals surface area contributed by atoms with Crippen molar-refractivity contribution in [2.24, 2.45) is 5.73 Å². The van der Waals surface area contributed by atoms with E-state index in [0.717, 1.165) is 13.8 Å². The first-order valence-electron chi connectivity index (χ1n) is 21.8. The normalized spacial score (nSPS) is 27.4. The zero-order valence-electron chi connectivity index (χ0n) is 38.9. The summed E-state index contributed by atoms with van der Waals surface area (Å²) in [6, 6.07) is -9.55. The predicted octanol–water partition coefficient (Wildman–Crippen LogP) is -6.48. The predicted molar refractivity (Wildman–Crippen MR) is 229 cm³/mol. The molecule has 0 aromatic heterocycles. The van der Waals surface area contributed by atoms with Crippen molar-refractivity contribution in [3.8, 4) is 0 Å². The molecule has 0 radical (unpaired) electrons. The van der Waals surface area contributed by atoms with Crippen LogP contribution in [0.5, 0.6) is 0 Å². The lowest BCUT2D eigenvalue weighted by Crippen LogP contribution is -2.70. The number of unbranched alkanes of at least 4 members (excludes halogenated alkanes) is 1. The number of carbonyl (C=O) groups excluding carboxylic acids is 7. The van der Waals surface area contributed by atoms with Crippen LogP contribution in [-0.2, 0) is 66.8 Å². The third kappa shape index (κ3) is 17.7. The number of methoxy groups -OCH3 is 1. The molecule has 68 heavy (non-hydrogen) atoms. The fourth-order valence-electron chi connectivity index (χ4n) is 7.04. The minimum Gasteiger partial charge on any atom is -0.480 e. The average molecular weight is 981 g/mol. The van der Waals surface area contributed by atoms with Gasteiger partial charge < -0.3 is 97.3 Å². The largest absolute Gasteiger partial charge is 0.480 e. The van der Waals surface area contributed by atoms with Gasteiger partial charge in [0.05, 0.1) is 13.2 Å². The van der Waals surface area contributed by atoms with E-state index in [0.29, 0.717) is 12.8 Å². The summed E-state index contributed by atoms with van der Waals surface area (Å²) in [5, 5.41) is 77.3. The third-order valence-corrected chi connectivity index (χ3v) is 10.8. The fourth-order valence-corrected chi connectivity index (χ4v) is 7.04. The molecular weight excluding hydrogens is 912 g/mol. The highest BCUT2D eigenvalue weighted by atomic mass is 16.7. The van der Waals surface area contributed by atoms with Gasteiger partial charge in [-0.05, 0) is 59.9 Å². The number of carboxylic acids is 2. The molecule has 28 nitrogen and oxygen atoms in total. The number of nitrogens with one attached hydrogen (secondary N) is 7. The number of aliphatic hydroxyl groups excluding tert-OH is 4. The molecule has 16 atom stereocenters. The molecule has 388 valence electrons. The first-order chi connectivity index (χ1) is 31.9. The van der Waals surface area contributed by atoms with Crippen LogP contribution in [0, 0.1) is 0 Å². The second-order valence-electron chi connectivity index (χ2n) is 16.3. The SMILES string of the molecule is CO[C@@H]1O[C@H](CO)[C@@H](O[C@@H]2O[C@H](CO)[C@@H](O)[C@H](O)[C@H]2NC(C)=O)[C@H](O[C@@H](C)C(=O)N[C@@H](C)C(=O)N[C@H](CCC(=O)N[C@@H](CCCCN)C(=O)N[C@H](C)C(=O)N[C@H](C)C(=O)O)C(=O)O)[C@H]1NC(C)=O. The maximum absolute atomic E-state index is 13.6. The smallest absolute Gasteiger partial charge is 0.326 e. The monoisotopic (exact) mass is 980 g/mol. The lowest BCUT2D eigenvalue weighted by atomic mass is 9.94. The number of carboxylic acid groups (broad SMARTS) is 2. The van der Waals surface area contributed by atoms with Crippen molar-refractivity contribution in [1.82, 2.24) is 37.2 Å². The highest BCUT2D eigenvalue weighted by Crippen LogP contribution is 2.32. The van der Waals surface area contributed by atoms with Crippen LogP contribution in [0.15, 0.2) is 0 Å². The minimum absolute atomic E-state index is 0.0758. The second kappa shape index (κ2) is 28.4. The Morgan fingerprint density at radius 1 is 0.618 bits per heavy atom. The van der Waals surface area contributed by atoms with E-state index in [1.165, 1.54) is 34.8 Å². The van der Waals surface area contributed by atoms with Crippen molar-refractivity contribution >= 4 is 53.3 Å². The Hall–Kier alpha value is -5.17. The number of carbonyl (C=O) groups is 9. The Morgan fingerprint density at radius 2 is 1.16 bits per heavy atom. The van der Waals surface area contributed by atoms with Crippen LogP contribution in [0.25, 0.3) is 0 Å². The van der Waals surface area contributed by atoms with Gasteiger partial charge in [-0.15, -0.1) is 0 Å². The summed E-state index contributed by atoms with van der Waals surface area (Å²) in [6.45, 7) is 5.90. The Balaban J connectivity index is 2.22. The summed E-state index contributed by atoms with van der Waals surface area (Å²) < 4.78 is 29.2. The van der Waals surface area contributed by atoms with E-state index in [2.05, 4.69) is 37.2 Å². The molecule has 0 aromatic rings. The Bertz CT molecular complexity index is 1750. The van der Waals surface area contributed by atoms with Crippen molar-refractivity contribution in [3.63, 3.8) is 0 Å². The molecule has 2 aliphatic heterocycles. The molecule has 2 rings (SSSR count). The third-order valence-electron chi connectivity index (χ3n) is 10.8. The zero-order chi connectivity index (χ0) is 51.6. The van der Waals surface area contributed by atoms with Crippen molar-refractivity contribution in [2.75, 3.05) is 26.9 Å². The molecule has 7 amide bonds. The van der Waals surface area contributed by atoms with Gasteiger partial charge >= 0.3 is 11.9 Å². The van der Waals surface area contributed by atoms with Crippen LogP contribution in [0.2, 0.25) is 0 Å². The van der Waals surface area contributed by atoms with E-state index in [9.17, 15) is 68.7 Å². The molecular formula is C40H68N8O20. The molecule has 2 fully saturated rings. The van der Waals surface area contributed by atoms with E-state index in [-0.39, 0.29) is 13.0 Å². The maximum atomic E-state index is 13.6. The number of nitrogens with two attached hydrogens (primary N) is 1. The molecule has 2 saturated heterocycles. The zero-order valence-corrected chi connectivity index (χ0v) is 38.9. The Kier molecular flexibility index (Phi) is 24.6. The number of rotatable bonds is 27. The van der Waals surface area contributed by atoms with E-state index in [1.54, 1.807) is 0 Å². The molecule has 28 heteroatoms. The minimum atomic E-state index is -1.75. The quantitative estimate of drug-likeness (QED) is 0.0340. The molecule has 0 saturated carbocycles. The summed E-state index contributed by atoms with van der Waals surface area (Å²) in [4.78, 5) is 113. The van der Waals surface area contributed by atoms with Crippen LogP contribution in [-0.4, -0.2) is 208 Å². The van der Waals surface area contributed by atoms with Crippen LogP contribution in [0.4, 0.5) is 0 Å². The van der Waals surface area contributed by atoms with E-state index < -0.39 is 177 Å². The Labute approximate surface area is 391 Å². The molecule has 0 unspecified atom stereocenters. The van der Waals surface area contributed by atoms with E-state index >= 15 is 0 Å². The van der Waals surface area contributed by atoms with Crippen LogP contribution in [0.3, 0.4) is 0 Å². The molecule has 0 spiro atoms. The summed E-state index contributed by atoms with van der Waals surface area (Å²) in [7, 11) is 1.21. The molecule has 0 bridgehead atoms. The van der Waals surface area contributed by atoms with Gasteiger partial charge in [0.2, 0.25) is 41.4 Å². The number of hydrogen-bond acceptors (Lipinski definition) is 19. The fraction of sp³-hybridized carbons (Fsp3) is 0.775. The number of aliphatic hydroxyl groups is 4. The van der Waals surface area contributed by atoms with Crippen LogP contribution < -0.4 is 43.0 Å². The van der Waals surface area contributed by atoms with Gasteiger partial charge in [-0.3, -0.25) is 38.4 Å². The van der Waals surface area contributed by atoms with Gasteiger partial charge in [0.15, 0.2) is 12.6 Å². The molecule has 0 aliphatic carbocycles. The number of hydrogen-bond donors (Lipinski definition) is 14. The average Bonchev–Trinajstić information content (AvgIpc) is 3.27. The second-order valence-corrected chi connectivity index (χ2v) is 16.3. The lowest BCUT2D eigenvalue weighted by Gasteiger charge is -2.49. The lowest BCUT2D eigenvalue weighted by molar-refractivity contribution is -0.335. The van der Waals surface area contributed by atoms with Gasteiger partial charge in [-0.1, -0.05) is 0 Å². The summed E-state index contributed by atoms with van der Waals surface area (Å²) in [5.41, 5.74) is 5.56. The summed E-state index contributed by atoms with van der Waals surface area (Å²) >= 11 is 0. The first kappa shape index (κ1) is 59.0. The standard InChI is InChI=1S/C40H68N8O20/c1-16(33(56)44-18(3)37(60)61)43-36(59)22(10-8-9-13-41)47-26(53)12-11-23(38(62)63)48-34(57)17(2)42-35(58)19(4)65-32-28(46-21(6)52)39(64-7)67-25(15-50)31(32)68-40-27(45-20(5)51)30(55)29(54)24(14-49)66-40/h16-19,22-25,27-32,39-40,49-50,54-55H,8-15,41H2,1-7H3,(H,42,58)(H,43,59)(H,44,56)(H,45,51)(H,46,52)(H,47,53)(H,48,57)(H,60,61)(H,62,63)/t16-,17+,18-,19+,22+,23-,24-,25-,27-,28-,29-,30-,31-,32-,39-,40+/m1/s1. The van der Waals surface area contributed by atoms with Crippen molar-refractivity contribution in [1.29, 1.82) is 0 Å². The first-order valence-corrected chi connectivity index (χ1v) is 21.8. The molecule has 2 aliphatic rings. The topological polar surface area (TPSA) is 431 Å². The highest BCUT2D eigenvalue weighted by Gasteiger charge is 2.53. The Morgan fingerprint density at radius 3 is 1.69 bits per heavy atom. The maximum Gasteiger partial charge on any atom is 0.326 e. The van der Waals surface area contributed by atoms with E-state index in [4.69, 9.17) is 34.5 Å². The molecule has 0 aromatic carbocycles. The van der Waals surface area contributed by atoms with Gasteiger partial charge in [0, 0.05) is 27.4 Å². The molecule has 2 heterocycles. The van der Waals surface area contributed by atoms with Gasteiger partial charge in [0.1, 0.15) is 85.0 Å². The van der Waals surface area contributed by atoms with E-state index in [1.807, 2.05) is 0 Å². The van der Waals surface area contributed by atoms with Crippen molar-refractivity contribution in [2.45, 2.75) is 171 Å². The van der Waals surface area contributed by atoms with Crippen LogP contribution in [0.1, 0.15) is 73.6 Å². The number of aliphatic carboxylic acids is 2. The van der Waals surface area contributed by atoms with Gasteiger partial charge in [-0.25, -0.2) is 4.79 Å². The molecule has 15 N–H and O–H groups in total. The van der Waals surface area contributed by atoms with Crippen molar-refractivity contribution in [3.05, 3.63) is 0 Å². The van der Waals surface area contributed by atoms with Crippen molar-refractivity contribution < 1.29 is 97.5 Å². The highest BCUT2D eigenvalue weighted by molar-refractivity contribution is 5.94. The number of amides is 7.